The standard InChI is InChI=1S/C26H25F3N6O2.C19H12F3N5O2.C18H13F3N4O2.C8H15N3.C7H16N2.C6H15N.CBrN.CH4/c1-33-10-8-19(9-11-33)34(2)26-30-25(32-37-26)17-5-3-4-16(12-17)15-35-23(36)7-6-22(31-35)18-13-20(27)24(29)21(28)14-18;20-13-7-12(8-14(21)17(13)22)15-4-5-16(28)27(25-15)9-10-2-1-3-11(6-10)18-24-19(23)29-26-18;19-13-7-12(8-14(20)17(13)21)15-4-5-16(26)25(23-15)9-10-2-1-3-11(6-10)18(22)24-27;1-10-5-3-8(4-6-10)11(2)7-9;1-8-7-3-5-9(2)6-4-7;1-4-7(5-2)6-3;2-1-3;/h3-7,12-14,19H,8-11,15H2,1-2H3;1-8H,9H2,(H2,23,24,26);1-8,27H,9H2,(H2,22,24);8H,3-6H2,1-2H3;7-8H,3-6H2,1-2H3;4-6H2,1-3H3;;1H4. The molecule has 0 radical (unpaired) electrons. The van der Waals surface area contributed by atoms with E-state index >= 15 is 0 Å². The molecule has 660 valence electrons. The van der Waals surface area contributed by atoms with Crippen molar-refractivity contribution in [1.82, 2.24) is 79.4 Å². The van der Waals surface area contributed by atoms with Gasteiger partial charge in [-0.1, -0.05) is 98.3 Å². The topological polar surface area (TPSA) is 346 Å². The number of benzene rings is 6. The molecule has 124 heavy (non-hydrogen) atoms. The van der Waals surface area contributed by atoms with Gasteiger partial charge in [0.05, 0.1) is 36.7 Å². The first-order valence-corrected chi connectivity index (χ1v) is 39.9. The summed E-state index contributed by atoms with van der Waals surface area (Å²) in [5.74, 6) is -12.1. The Hall–Kier alpha value is -12.5. The van der Waals surface area contributed by atoms with Crippen LogP contribution in [0, 0.1) is 74.1 Å². The average Bonchev–Trinajstić information content (AvgIpc) is 0.985. The fourth-order valence-electron chi connectivity index (χ4n) is 13.1. The van der Waals surface area contributed by atoms with Crippen molar-refractivity contribution < 1.29 is 53.8 Å². The van der Waals surface area contributed by atoms with Crippen LogP contribution in [0.25, 0.3) is 56.5 Å². The van der Waals surface area contributed by atoms with Crippen LogP contribution in [0.15, 0.2) is 174 Å². The number of piperidine rings is 3. The Kier molecular flexibility index (Phi) is 38.5. The maximum Gasteiger partial charge on any atom is 0.324 e. The first-order chi connectivity index (χ1) is 58.9. The molecule has 0 bridgehead atoms. The number of hydrogen-bond donors (Lipinski definition) is 4. The summed E-state index contributed by atoms with van der Waals surface area (Å²) in [6, 6.07) is 35.3. The molecule has 6 N–H and O–H groups in total. The van der Waals surface area contributed by atoms with Gasteiger partial charge in [0.1, 0.15) is 4.98 Å². The number of amidine groups is 1. The molecule has 0 saturated carbocycles. The molecule has 0 unspecified atom stereocenters. The Morgan fingerprint density at radius 2 is 0.871 bits per heavy atom. The normalized spacial score (nSPS) is 13.8. The van der Waals surface area contributed by atoms with Crippen molar-refractivity contribution in [3.8, 4) is 67.7 Å². The molecule has 0 spiro atoms. The van der Waals surface area contributed by atoms with Crippen molar-refractivity contribution in [2.75, 3.05) is 112 Å². The Morgan fingerprint density at radius 3 is 1.21 bits per heavy atom. The van der Waals surface area contributed by atoms with Crippen LogP contribution in [-0.4, -0.2) is 204 Å². The van der Waals surface area contributed by atoms with Crippen molar-refractivity contribution in [2.24, 2.45) is 10.9 Å². The number of oxime groups is 1. The zero-order valence-corrected chi connectivity index (χ0v) is 70.8. The van der Waals surface area contributed by atoms with E-state index in [2.05, 4.69) is 137 Å². The Balaban J connectivity index is 0.000000219. The molecule has 14 rings (SSSR count). The van der Waals surface area contributed by atoms with Crippen LogP contribution >= 0.6 is 15.9 Å². The molecular weight excluding hydrogens is 1690 g/mol. The first-order valence-electron chi connectivity index (χ1n) is 39.1. The summed E-state index contributed by atoms with van der Waals surface area (Å²) in [5.41, 5.74) is 13.9. The molecule has 3 saturated heterocycles. The number of likely N-dealkylation sites (tertiary alicyclic amines) is 3. The number of rotatable bonds is 19. The Bertz CT molecular complexity index is 5530. The summed E-state index contributed by atoms with van der Waals surface area (Å²) in [7, 11) is 12.3. The molecule has 28 nitrogen and oxygen atoms in total. The van der Waals surface area contributed by atoms with E-state index in [0.29, 0.717) is 51.7 Å². The lowest BCUT2D eigenvalue weighted by Gasteiger charge is -2.33. The van der Waals surface area contributed by atoms with E-state index in [-0.39, 0.29) is 78.5 Å². The molecule has 38 heteroatoms. The number of nitrogens with two attached hydrogens (primary N) is 2. The maximum absolute atomic E-state index is 13.7. The fourth-order valence-corrected chi connectivity index (χ4v) is 13.1. The summed E-state index contributed by atoms with van der Waals surface area (Å²) in [6.45, 7) is 17.1. The molecule has 6 aromatic carbocycles. The molecule has 3 aliphatic heterocycles. The van der Waals surface area contributed by atoms with Gasteiger partial charge in [-0.2, -0.15) is 35.8 Å². The van der Waals surface area contributed by atoms with Crippen LogP contribution in [0.1, 0.15) is 89.0 Å². The van der Waals surface area contributed by atoms with Gasteiger partial charge >= 0.3 is 12.0 Å². The molecular formula is C86H100BrF9N22O6. The van der Waals surface area contributed by atoms with E-state index in [1.54, 1.807) is 64.5 Å². The molecule has 3 fully saturated rings. The summed E-state index contributed by atoms with van der Waals surface area (Å²) < 4.78 is 135. The summed E-state index contributed by atoms with van der Waals surface area (Å²) in [5, 5.41) is 51.1. The highest BCUT2D eigenvalue weighted by molar-refractivity contribution is 9.12. The Morgan fingerprint density at radius 1 is 0.524 bits per heavy atom. The van der Waals surface area contributed by atoms with Crippen LogP contribution in [0.4, 0.5) is 51.5 Å². The van der Waals surface area contributed by atoms with E-state index in [0.717, 1.165) is 109 Å². The van der Waals surface area contributed by atoms with E-state index in [4.69, 9.17) is 36.2 Å². The summed E-state index contributed by atoms with van der Waals surface area (Å²) in [6.07, 6.45) is 9.06. The van der Waals surface area contributed by atoms with Crippen LogP contribution < -0.4 is 38.4 Å². The number of anilines is 2. The van der Waals surface area contributed by atoms with Crippen molar-refractivity contribution in [2.45, 2.75) is 104 Å². The third-order valence-corrected chi connectivity index (χ3v) is 20.4. The lowest BCUT2D eigenvalue weighted by molar-refractivity contribution is 0.185. The minimum Gasteiger partial charge on any atom is -0.409 e. The van der Waals surface area contributed by atoms with Crippen LogP contribution in [0.2, 0.25) is 0 Å². The lowest BCUT2D eigenvalue weighted by atomic mass is 10.0. The van der Waals surface area contributed by atoms with Crippen molar-refractivity contribution >= 4 is 33.8 Å². The van der Waals surface area contributed by atoms with Gasteiger partial charge in [-0.25, -0.2) is 53.6 Å². The molecule has 8 heterocycles. The van der Waals surface area contributed by atoms with Crippen LogP contribution in [0.3, 0.4) is 0 Å². The second kappa shape index (κ2) is 48.4. The van der Waals surface area contributed by atoms with Crippen molar-refractivity contribution in [3.05, 3.63) is 251 Å². The monoisotopic (exact) mass is 1790 g/mol. The van der Waals surface area contributed by atoms with Crippen molar-refractivity contribution in [3.63, 3.8) is 0 Å². The first kappa shape index (κ1) is 98.7. The number of nitriles is 2. The average molecular weight is 1790 g/mol. The third-order valence-electron chi connectivity index (χ3n) is 20.4. The number of hydrogen-bond acceptors (Lipinski definition) is 24. The minimum atomic E-state index is -1.58. The van der Waals surface area contributed by atoms with E-state index < -0.39 is 69.0 Å². The van der Waals surface area contributed by atoms with Gasteiger partial charge in [0, 0.05) is 99.7 Å². The number of nitrogen functional groups attached to an aromatic ring is 1. The van der Waals surface area contributed by atoms with Crippen LogP contribution in [-0.2, 0) is 19.6 Å². The van der Waals surface area contributed by atoms with Crippen molar-refractivity contribution in [1.29, 1.82) is 10.5 Å². The largest absolute Gasteiger partial charge is 0.409 e. The summed E-state index contributed by atoms with van der Waals surface area (Å²) >= 11 is 2.45. The molecule has 0 amide bonds. The minimum absolute atomic E-state index is 0. The number of nitrogens with zero attached hydrogens (tertiary/aromatic N) is 19. The van der Waals surface area contributed by atoms with Gasteiger partial charge in [0.15, 0.2) is 64.4 Å². The highest BCUT2D eigenvalue weighted by atomic mass is 79.9. The molecule has 3 aliphatic rings. The molecule has 0 aliphatic carbocycles. The molecule has 0 atom stereocenters. The number of halogens is 10. The third kappa shape index (κ3) is 28.6. The maximum atomic E-state index is 13.7. The number of nitrogens with one attached hydrogen (secondary N) is 1. The molecule has 11 aromatic rings. The van der Waals surface area contributed by atoms with Gasteiger partial charge in [-0.05, 0) is 215 Å². The highest BCUT2D eigenvalue weighted by Gasteiger charge is 2.26. The van der Waals surface area contributed by atoms with Gasteiger partial charge < -0.3 is 60.4 Å². The summed E-state index contributed by atoms with van der Waals surface area (Å²) in [4.78, 5) is 59.9. The smallest absolute Gasteiger partial charge is 0.324 e. The number of aromatic nitrogens is 10. The highest BCUT2D eigenvalue weighted by Crippen LogP contribution is 2.29. The zero-order chi connectivity index (χ0) is 89.6. The second-order valence-electron chi connectivity index (χ2n) is 28.8. The van der Waals surface area contributed by atoms with E-state index in [9.17, 15) is 53.9 Å². The SMILES string of the molecule is C.CCN(CC)CC.CN1CCC(N(C)C#N)CC1.CN1CCC(N(C)c2nc(-c3cccc(Cn4nc(-c5cc(F)c(F)c(F)c5)ccc4=O)c3)no2)CC1.CNC1CCN(C)CC1.N#CBr.N/C(=N\O)c1cccc(Cn2nc(-c3cc(F)c(F)c(F)c3)ccc2=O)c1.Nc1nc(-c2cccc(Cn3nc(-c4cc(F)c(F)c(F)c4)ccc3=O)c2)no1. The van der Waals surface area contributed by atoms with Gasteiger partial charge in [0.2, 0.25) is 11.6 Å². The van der Waals surface area contributed by atoms with Crippen LogP contribution in [0.5, 0.6) is 0 Å². The fraction of sp³-hybridized carbons (Fsp3) is 0.360. The van der Waals surface area contributed by atoms with Gasteiger partial charge in [-0.15, -0.1) is 0 Å². The zero-order valence-electron chi connectivity index (χ0n) is 69.2. The Labute approximate surface area is 720 Å². The quantitative estimate of drug-likeness (QED) is 0.00854. The second-order valence-corrected chi connectivity index (χ2v) is 29.2. The van der Waals surface area contributed by atoms with Gasteiger partial charge in [-0.3, -0.25) is 14.4 Å². The lowest BCUT2D eigenvalue weighted by Crippen LogP contribution is -2.42. The van der Waals surface area contributed by atoms with E-state index in [1.807, 2.05) is 37.2 Å². The molecule has 5 aromatic heterocycles. The predicted octanol–water partition coefficient (Wildman–Crippen LogP) is 13.1. The van der Waals surface area contributed by atoms with E-state index in [1.165, 1.54) is 86.6 Å². The van der Waals surface area contributed by atoms with Gasteiger partial charge in [0.25, 0.3) is 16.7 Å². The predicted molar refractivity (Wildman–Crippen MR) is 459 cm³/mol.